The molecule has 19 heavy (non-hydrogen) atoms. The molecular weight excluding hydrogens is 244 g/mol. The quantitative estimate of drug-likeness (QED) is 0.858. The first kappa shape index (κ1) is 13.9. The number of carboxylic acid groups (broad SMARTS) is 1. The summed E-state index contributed by atoms with van der Waals surface area (Å²) in [5.74, 6) is -0.526. The Balaban J connectivity index is 1.93. The van der Waals surface area contributed by atoms with Crippen LogP contribution in [0.4, 0.5) is 0 Å². The summed E-state index contributed by atoms with van der Waals surface area (Å²) in [5, 5.41) is 8.94. The van der Waals surface area contributed by atoms with Gasteiger partial charge in [-0.05, 0) is 31.0 Å². The minimum atomic E-state index is -0.815. The van der Waals surface area contributed by atoms with E-state index in [0.717, 1.165) is 30.9 Å². The van der Waals surface area contributed by atoms with Crippen molar-refractivity contribution in [1.29, 1.82) is 0 Å². The number of aliphatic carboxylic acids is 1. The van der Waals surface area contributed by atoms with E-state index in [1.807, 2.05) is 24.3 Å². The molecule has 0 spiro atoms. The SMILES string of the molecule is CCC1(COc2ccc(C(C)C(=O)O)cc2)COC1. The smallest absolute Gasteiger partial charge is 0.310 e. The second-order valence-electron chi connectivity index (χ2n) is 5.26. The molecule has 1 aliphatic rings. The van der Waals surface area contributed by atoms with Gasteiger partial charge in [-0.2, -0.15) is 0 Å². The standard InChI is InChI=1S/C15H20O4/c1-3-15(8-18-9-15)10-19-13-6-4-12(5-7-13)11(2)14(16)17/h4-7,11H,3,8-10H2,1-2H3,(H,16,17). The highest BCUT2D eigenvalue weighted by atomic mass is 16.5. The minimum Gasteiger partial charge on any atom is -0.493 e. The van der Waals surface area contributed by atoms with Crippen molar-refractivity contribution in [2.45, 2.75) is 26.2 Å². The highest BCUT2D eigenvalue weighted by Gasteiger charge is 2.37. The molecule has 0 aliphatic carbocycles. The highest BCUT2D eigenvalue weighted by molar-refractivity contribution is 5.75. The van der Waals surface area contributed by atoms with E-state index in [4.69, 9.17) is 14.6 Å². The van der Waals surface area contributed by atoms with E-state index in [2.05, 4.69) is 6.92 Å². The predicted octanol–water partition coefficient (Wildman–Crippen LogP) is 2.68. The zero-order valence-electron chi connectivity index (χ0n) is 11.4. The van der Waals surface area contributed by atoms with Gasteiger partial charge in [0.25, 0.3) is 0 Å². The summed E-state index contributed by atoms with van der Waals surface area (Å²) in [4.78, 5) is 10.9. The average molecular weight is 264 g/mol. The average Bonchev–Trinajstić information content (AvgIpc) is 2.38. The van der Waals surface area contributed by atoms with Crippen LogP contribution in [-0.4, -0.2) is 30.9 Å². The van der Waals surface area contributed by atoms with E-state index < -0.39 is 11.9 Å². The van der Waals surface area contributed by atoms with Crippen molar-refractivity contribution in [3.05, 3.63) is 29.8 Å². The van der Waals surface area contributed by atoms with Gasteiger partial charge < -0.3 is 14.6 Å². The van der Waals surface area contributed by atoms with Crippen LogP contribution in [0.25, 0.3) is 0 Å². The lowest BCUT2D eigenvalue weighted by molar-refractivity contribution is -0.138. The molecule has 0 aromatic heterocycles. The van der Waals surface area contributed by atoms with Crippen LogP contribution in [0.5, 0.6) is 5.75 Å². The molecule has 1 fully saturated rings. The first-order chi connectivity index (χ1) is 9.06. The van der Waals surface area contributed by atoms with Crippen molar-refractivity contribution in [3.63, 3.8) is 0 Å². The monoisotopic (exact) mass is 264 g/mol. The minimum absolute atomic E-state index is 0.160. The van der Waals surface area contributed by atoms with E-state index in [9.17, 15) is 4.79 Å². The van der Waals surface area contributed by atoms with Crippen molar-refractivity contribution in [3.8, 4) is 5.75 Å². The Hall–Kier alpha value is -1.55. The van der Waals surface area contributed by atoms with E-state index in [1.165, 1.54) is 0 Å². The Morgan fingerprint density at radius 1 is 1.42 bits per heavy atom. The topological polar surface area (TPSA) is 55.8 Å². The number of carbonyl (C=O) groups is 1. The maximum Gasteiger partial charge on any atom is 0.310 e. The molecule has 1 aromatic carbocycles. The first-order valence-electron chi connectivity index (χ1n) is 6.60. The van der Waals surface area contributed by atoms with Crippen molar-refractivity contribution in [2.24, 2.45) is 5.41 Å². The largest absolute Gasteiger partial charge is 0.493 e. The molecule has 1 N–H and O–H groups in total. The molecule has 0 amide bonds. The third-order valence-electron chi connectivity index (χ3n) is 3.86. The predicted molar refractivity (Wildman–Crippen MR) is 71.5 cm³/mol. The van der Waals surface area contributed by atoms with Gasteiger partial charge in [-0.1, -0.05) is 19.1 Å². The van der Waals surface area contributed by atoms with Crippen LogP contribution in [0.15, 0.2) is 24.3 Å². The summed E-state index contributed by atoms with van der Waals surface area (Å²) < 4.78 is 11.0. The number of hydrogen-bond acceptors (Lipinski definition) is 3. The normalized spacial score (nSPS) is 18.4. The van der Waals surface area contributed by atoms with Crippen molar-refractivity contribution < 1.29 is 19.4 Å². The maximum absolute atomic E-state index is 10.9. The second kappa shape index (κ2) is 5.61. The molecule has 1 atom stereocenters. The Labute approximate surface area is 113 Å². The lowest BCUT2D eigenvalue weighted by Crippen LogP contribution is -2.46. The van der Waals surface area contributed by atoms with Crippen molar-refractivity contribution in [1.82, 2.24) is 0 Å². The lowest BCUT2D eigenvalue weighted by atomic mass is 9.84. The lowest BCUT2D eigenvalue weighted by Gasteiger charge is -2.40. The molecule has 4 nitrogen and oxygen atoms in total. The molecule has 0 saturated carbocycles. The number of rotatable bonds is 6. The van der Waals surface area contributed by atoms with Gasteiger partial charge in [0.15, 0.2) is 0 Å². The van der Waals surface area contributed by atoms with E-state index in [0.29, 0.717) is 6.61 Å². The fraction of sp³-hybridized carbons (Fsp3) is 0.533. The fourth-order valence-electron chi connectivity index (χ4n) is 2.01. The van der Waals surface area contributed by atoms with Gasteiger partial charge in [0.1, 0.15) is 5.75 Å². The van der Waals surface area contributed by atoms with Crippen molar-refractivity contribution in [2.75, 3.05) is 19.8 Å². The molecular formula is C15H20O4. The Morgan fingerprint density at radius 3 is 2.47 bits per heavy atom. The molecule has 0 radical (unpaired) electrons. The van der Waals surface area contributed by atoms with Crippen LogP contribution < -0.4 is 4.74 Å². The summed E-state index contributed by atoms with van der Waals surface area (Å²) in [6.45, 7) is 5.99. The molecule has 1 unspecified atom stereocenters. The molecule has 0 bridgehead atoms. The van der Waals surface area contributed by atoms with Gasteiger partial charge in [-0.25, -0.2) is 0 Å². The fourth-order valence-corrected chi connectivity index (χ4v) is 2.01. The third kappa shape index (κ3) is 3.07. The molecule has 2 rings (SSSR count). The number of carboxylic acids is 1. The molecule has 1 heterocycles. The molecule has 1 aliphatic heterocycles. The highest BCUT2D eigenvalue weighted by Crippen LogP contribution is 2.32. The Morgan fingerprint density at radius 2 is 2.05 bits per heavy atom. The van der Waals surface area contributed by atoms with Gasteiger partial charge in [0.2, 0.25) is 0 Å². The van der Waals surface area contributed by atoms with Crippen LogP contribution in [-0.2, 0) is 9.53 Å². The van der Waals surface area contributed by atoms with Gasteiger partial charge in [-0.3, -0.25) is 4.79 Å². The molecule has 104 valence electrons. The second-order valence-corrected chi connectivity index (χ2v) is 5.26. The number of hydrogen-bond donors (Lipinski definition) is 1. The van der Waals surface area contributed by atoms with Gasteiger partial charge in [0.05, 0.1) is 31.2 Å². The van der Waals surface area contributed by atoms with Crippen LogP contribution in [0.3, 0.4) is 0 Å². The third-order valence-corrected chi connectivity index (χ3v) is 3.86. The van der Waals surface area contributed by atoms with E-state index in [-0.39, 0.29) is 5.41 Å². The number of ether oxygens (including phenoxy) is 2. The number of benzene rings is 1. The molecule has 1 saturated heterocycles. The Kier molecular flexibility index (Phi) is 4.10. The van der Waals surface area contributed by atoms with Gasteiger partial charge in [0, 0.05) is 0 Å². The maximum atomic E-state index is 10.9. The van der Waals surface area contributed by atoms with E-state index >= 15 is 0 Å². The van der Waals surface area contributed by atoms with Gasteiger partial charge >= 0.3 is 5.97 Å². The first-order valence-corrected chi connectivity index (χ1v) is 6.60. The van der Waals surface area contributed by atoms with Crippen LogP contribution in [0, 0.1) is 5.41 Å². The summed E-state index contributed by atoms with van der Waals surface area (Å²) >= 11 is 0. The van der Waals surface area contributed by atoms with E-state index in [1.54, 1.807) is 6.92 Å². The zero-order valence-corrected chi connectivity index (χ0v) is 11.4. The summed E-state index contributed by atoms with van der Waals surface area (Å²) in [7, 11) is 0. The van der Waals surface area contributed by atoms with Crippen LogP contribution in [0.2, 0.25) is 0 Å². The van der Waals surface area contributed by atoms with Crippen molar-refractivity contribution >= 4 is 5.97 Å². The molecule has 4 heteroatoms. The van der Waals surface area contributed by atoms with Gasteiger partial charge in [-0.15, -0.1) is 0 Å². The summed E-state index contributed by atoms with van der Waals surface area (Å²) in [5.41, 5.74) is 0.949. The molecule has 1 aromatic rings. The van der Waals surface area contributed by atoms with Crippen LogP contribution >= 0.6 is 0 Å². The summed E-state index contributed by atoms with van der Waals surface area (Å²) in [6.07, 6.45) is 1.04. The van der Waals surface area contributed by atoms with Crippen LogP contribution in [0.1, 0.15) is 31.7 Å². The zero-order chi connectivity index (χ0) is 13.9. The summed E-state index contributed by atoms with van der Waals surface area (Å²) in [6, 6.07) is 7.28. The Bertz CT molecular complexity index is 428.